The van der Waals surface area contributed by atoms with Gasteiger partial charge in [0.2, 0.25) is 0 Å². The van der Waals surface area contributed by atoms with E-state index in [0.29, 0.717) is 12.3 Å². The molecule has 1 unspecified atom stereocenters. The van der Waals surface area contributed by atoms with E-state index < -0.39 is 5.97 Å². The van der Waals surface area contributed by atoms with Gasteiger partial charge in [-0.15, -0.1) is 12.4 Å². The van der Waals surface area contributed by atoms with Gasteiger partial charge in [-0.2, -0.15) is 0 Å². The molecule has 4 nitrogen and oxygen atoms in total. The van der Waals surface area contributed by atoms with Crippen LogP contribution >= 0.6 is 12.4 Å². The standard InChI is InChI=1S/C12H20N2O2.ClH/c1-11(9-12(15)16)5-3-2-4-7-14-8-6-13-10-14;/h6,8,10-11H,2-5,7,9H2,1H3,(H,15,16);1H. The van der Waals surface area contributed by atoms with E-state index in [4.69, 9.17) is 5.11 Å². The molecule has 0 aliphatic rings. The first-order chi connectivity index (χ1) is 7.68. The first-order valence-electron chi connectivity index (χ1n) is 5.86. The molecule has 1 N–H and O–H groups in total. The Morgan fingerprint density at radius 2 is 2.18 bits per heavy atom. The van der Waals surface area contributed by atoms with Gasteiger partial charge in [0.15, 0.2) is 0 Å². The number of aromatic nitrogens is 2. The number of rotatable bonds is 8. The molecule has 5 heteroatoms. The number of aliphatic carboxylic acids is 1. The van der Waals surface area contributed by atoms with Crippen LogP contribution in [0.2, 0.25) is 0 Å². The summed E-state index contributed by atoms with van der Waals surface area (Å²) in [7, 11) is 0. The van der Waals surface area contributed by atoms with Crippen molar-refractivity contribution in [3.8, 4) is 0 Å². The second-order valence-corrected chi connectivity index (χ2v) is 4.35. The summed E-state index contributed by atoms with van der Waals surface area (Å²) >= 11 is 0. The Morgan fingerprint density at radius 1 is 1.41 bits per heavy atom. The van der Waals surface area contributed by atoms with Gasteiger partial charge in [0, 0.05) is 25.4 Å². The second-order valence-electron chi connectivity index (χ2n) is 4.35. The number of carboxylic acids is 1. The van der Waals surface area contributed by atoms with Gasteiger partial charge in [0.05, 0.1) is 6.33 Å². The highest BCUT2D eigenvalue weighted by atomic mass is 35.5. The maximum Gasteiger partial charge on any atom is 0.303 e. The van der Waals surface area contributed by atoms with E-state index in [0.717, 1.165) is 32.2 Å². The van der Waals surface area contributed by atoms with Crippen LogP contribution < -0.4 is 0 Å². The number of halogens is 1. The second kappa shape index (κ2) is 9.05. The van der Waals surface area contributed by atoms with E-state index in [2.05, 4.69) is 9.55 Å². The van der Waals surface area contributed by atoms with Gasteiger partial charge in [0.25, 0.3) is 0 Å². The highest BCUT2D eigenvalue weighted by molar-refractivity contribution is 5.85. The summed E-state index contributed by atoms with van der Waals surface area (Å²) in [4.78, 5) is 14.4. The predicted molar refractivity (Wildman–Crippen MR) is 69.4 cm³/mol. The van der Waals surface area contributed by atoms with Crippen LogP contribution in [0.3, 0.4) is 0 Å². The first kappa shape index (κ1) is 16.0. The first-order valence-corrected chi connectivity index (χ1v) is 5.86. The van der Waals surface area contributed by atoms with Crippen LogP contribution in [0.1, 0.15) is 39.0 Å². The van der Waals surface area contributed by atoms with Crippen LogP contribution in [0.15, 0.2) is 18.7 Å². The molecule has 0 spiro atoms. The van der Waals surface area contributed by atoms with E-state index in [1.807, 2.05) is 19.4 Å². The quantitative estimate of drug-likeness (QED) is 0.731. The van der Waals surface area contributed by atoms with Crippen molar-refractivity contribution in [1.82, 2.24) is 9.55 Å². The maximum absolute atomic E-state index is 10.4. The Bertz CT molecular complexity index is 301. The molecule has 0 saturated carbocycles. The fourth-order valence-corrected chi connectivity index (χ4v) is 1.78. The van der Waals surface area contributed by atoms with Crippen LogP contribution in [0.4, 0.5) is 0 Å². The molecule has 98 valence electrons. The molecular weight excluding hydrogens is 240 g/mol. The molecule has 0 aliphatic carbocycles. The van der Waals surface area contributed by atoms with Crippen LogP contribution in [-0.2, 0) is 11.3 Å². The van der Waals surface area contributed by atoms with Gasteiger partial charge in [0.1, 0.15) is 0 Å². The lowest BCUT2D eigenvalue weighted by molar-refractivity contribution is -0.138. The Kier molecular flexibility index (Phi) is 8.50. The molecule has 1 aromatic heterocycles. The zero-order valence-corrected chi connectivity index (χ0v) is 11.0. The molecule has 1 heterocycles. The smallest absolute Gasteiger partial charge is 0.303 e. The van der Waals surface area contributed by atoms with Crippen molar-refractivity contribution in [3.05, 3.63) is 18.7 Å². The third-order valence-corrected chi connectivity index (χ3v) is 2.70. The molecule has 1 atom stereocenters. The summed E-state index contributed by atoms with van der Waals surface area (Å²) in [5.41, 5.74) is 0. The fourth-order valence-electron chi connectivity index (χ4n) is 1.78. The molecule has 1 aromatic rings. The average Bonchev–Trinajstić information content (AvgIpc) is 2.68. The summed E-state index contributed by atoms with van der Waals surface area (Å²) in [6, 6.07) is 0. The molecule has 17 heavy (non-hydrogen) atoms. The lowest BCUT2D eigenvalue weighted by Crippen LogP contribution is -2.04. The fraction of sp³-hybridized carbons (Fsp3) is 0.667. The minimum Gasteiger partial charge on any atom is -0.481 e. The monoisotopic (exact) mass is 260 g/mol. The van der Waals surface area contributed by atoms with Crippen molar-refractivity contribution < 1.29 is 9.90 Å². The molecule has 0 bridgehead atoms. The molecule has 0 aromatic carbocycles. The van der Waals surface area contributed by atoms with Crippen LogP contribution in [0.25, 0.3) is 0 Å². The van der Waals surface area contributed by atoms with Crippen LogP contribution in [0, 0.1) is 5.92 Å². The minimum absolute atomic E-state index is 0. The van der Waals surface area contributed by atoms with Crippen molar-refractivity contribution in [2.24, 2.45) is 5.92 Å². The van der Waals surface area contributed by atoms with Crippen molar-refractivity contribution in [2.45, 2.75) is 45.6 Å². The lowest BCUT2D eigenvalue weighted by Gasteiger charge is -2.08. The Balaban J connectivity index is 0.00000256. The average molecular weight is 261 g/mol. The predicted octanol–water partition coefficient (Wildman–Crippen LogP) is 2.98. The summed E-state index contributed by atoms with van der Waals surface area (Å²) in [5.74, 6) is -0.392. The number of hydrogen-bond donors (Lipinski definition) is 1. The van der Waals surface area contributed by atoms with Gasteiger partial charge in [-0.1, -0.05) is 26.2 Å². The van der Waals surface area contributed by atoms with E-state index in [9.17, 15) is 4.79 Å². The normalized spacial score (nSPS) is 11.8. The van der Waals surface area contributed by atoms with Gasteiger partial charge in [-0.05, 0) is 12.3 Å². The van der Waals surface area contributed by atoms with Crippen LogP contribution in [-0.4, -0.2) is 20.6 Å². The molecule has 0 radical (unpaired) electrons. The molecule has 0 amide bonds. The molecular formula is C12H21ClN2O2. The highest BCUT2D eigenvalue weighted by Crippen LogP contribution is 2.13. The Labute approximate surface area is 108 Å². The number of imidazole rings is 1. The zero-order valence-electron chi connectivity index (χ0n) is 10.2. The summed E-state index contributed by atoms with van der Waals surface area (Å²) < 4.78 is 2.07. The van der Waals surface area contributed by atoms with Gasteiger partial charge in [-0.3, -0.25) is 4.79 Å². The van der Waals surface area contributed by atoms with Gasteiger partial charge < -0.3 is 9.67 Å². The van der Waals surface area contributed by atoms with Gasteiger partial charge in [-0.25, -0.2) is 4.98 Å². The molecule has 0 fully saturated rings. The Hall–Kier alpha value is -1.03. The van der Waals surface area contributed by atoms with E-state index in [1.54, 1.807) is 6.20 Å². The number of hydrogen-bond acceptors (Lipinski definition) is 2. The third kappa shape index (κ3) is 7.80. The molecule has 0 aliphatic heterocycles. The van der Waals surface area contributed by atoms with Crippen molar-refractivity contribution in [1.29, 1.82) is 0 Å². The SMILES string of the molecule is CC(CCCCCn1ccnc1)CC(=O)O.Cl. The number of carbonyl (C=O) groups is 1. The summed E-state index contributed by atoms with van der Waals surface area (Å²) in [6.45, 7) is 3.01. The number of carboxylic acid groups (broad SMARTS) is 1. The number of unbranched alkanes of at least 4 members (excludes halogenated alkanes) is 2. The number of nitrogens with zero attached hydrogens (tertiary/aromatic N) is 2. The largest absolute Gasteiger partial charge is 0.481 e. The van der Waals surface area contributed by atoms with Crippen molar-refractivity contribution in [3.63, 3.8) is 0 Å². The highest BCUT2D eigenvalue weighted by Gasteiger charge is 2.06. The number of aryl methyl sites for hydroxylation is 1. The minimum atomic E-state index is -0.689. The topological polar surface area (TPSA) is 55.1 Å². The van der Waals surface area contributed by atoms with E-state index in [-0.39, 0.29) is 12.4 Å². The maximum atomic E-state index is 10.4. The lowest BCUT2D eigenvalue weighted by atomic mass is 10.00. The van der Waals surface area contributed by atoms with Gasteiger partial charge >= 0.3 is 5.97 Å². The summed E-state index contributed by atoms with van der Waals surface area (Å²) in [5, 5.41) is 8.60. The van der Waals surface area contributed by atoms with Crippen LogP contribution in [0.5, 0.6) is 0 Å². The molecule has 1 rings (SSSR count). The van der Waals surface area contributed by atoms with Crippen molar-refractivity contribution in [2.75, 3.05) is 0 Å². The third-order valence-electron chi connectivity index (χ3n) is 2.70. The molecule has 0 saturated heterocycles. The summed E-state index contributed by atoms with van der Waals surface area (Å²) in [6.07, 6.45) is 10.3. The van der Waals surface area contributed by atoms with Crippen molar-refractivity contribution >= 4 is 18.4 Å². The van der Waals surface area contributed by atoms with E-state index in [1.165, 1.54) is 0 Å². The zero-order chi connectivity index (χ0) is 11.8. The van der Waals surface area contributed by atoms with E-state index >= 15 is 0 Å². The Morgan fingerprint density at radius 3 is 2.76 bits per heavy atom.